The van der Waals surface area contributed by atoms with Gasteiger partial charge in [-0.1, -0.05) is 0 Å². The van der Waals surface area contributed by atoms with E-state index in [1.165, 1.54) is 0 Å². The fraction of sp³-hybridized carbons (Fsp3) is 0.667. The molecule has 15 heavy (non-hydrogen) atoms. The average Bonchev–Trinajstić information content (AvgIpc) is 2.12. The minimum absolute atomic E-state index is 0. The number of hydrogen-bond donors (Lipinski definition) is 5. The molecule has 9 heteroatoms. The summed E-state index contributed by atoms with van der Waals surface area (Å²) in [6, 6.07) is 0. The van der Waals surface area contributed by atoms with E-state index in [1.54, 1.807) is 0 Å². The van der Waals surface area contributed by atoms with Crippen molar-refractivity contribution >= 4 is 11.9 Å². The van der Waals surface area contributed by atoms with Crippen LogP contribution in [0.1, 0.15) is 0 Å². The summed E-state index contributed by atoms with van der Waals surface area (Å²) >= 11 is 0. The summed E-state index contributed by atoms with van der Waals surface area (Å²) in [5.74, 6) is -3.95. The molecule has 0 aliphatic rings. The fourth-order valence-electron chi connectivity index (χ4n) is 0.659. The smallest absolute Gasteiger partial charge is 0.547 e. The Balaban J connectivity index is 0. The van der Waals surface area contributed by atoms with Gasteiger partial charge in [0.15, 0.2) is 6.10 Å². The monoisotopic (exact) mass is 248 g/mol. The van der Waals surface area contributed by atoms with E-state index in [2.05, 4.69) is 0 Å². The molecule has 82 valence electrons. The summed E-state index contributed by atoms with van der Waals surface area (Å²) in [6.07, 6.45) is -9.52. The number of aliphatic hydroxyl groups is 4. The Labute approximate surface area is 127 Å². The van der Waals surface area contributed by atoms with Crippen LogP contribution in [0.25, 0.3) is 0 Å². The molecular weight excluding hydrogens is 239 g/mol. The van der Waals surface area contributed by atoms with Gasteiger partial charge in [-0.25, -0.2) is 4.79 Å². The van der Waals surface area contributed by atoms with Crippen LogP contribution in [0.3, 0.4) is 0 Å². The molecule has 4 atom stereocenters. The van der Waals surface area contributed by atoms with Crippen LogP contribution in [0.2, 0.25) is 0 Å². The maximum absolute atomic E-state index is 10.1. The first kappa shape index (κ1) is 17.8. The molecule has 0 radical (unpaired) electrons. The molecule has 5 N–H and O–H groups in total. The predicted molar refractivity (Wildman–Crippen MR) is 36.7 cm³/mol. The van der Waals surface area contributed by atoms with Crippen LogP contribution in [0.4, 0.5) is 0 Å². The van der Waals surface area contributed by atoms with Gasteiger partial charge in [-0.05, 0) is 0 Å². The molecule has 0 saturated carbocycles. The SMILES string of the molecule is O=C(O)[C@@H](O)[C@H](O)[C@@H](O)[C@@H](O)C(=O)[O-].[K+]. The zero-order chi connectivity index (χ0) is 11.5. The molecule has 8 nitrogen and oxygen atoms in total. The Morgan fingerprint density at radius 1 is 0.933 bits per heavy atom. The molecule has 0 amide bonds. The molecule has 0 rings (SSSR count). The van der Waals surface area contributed by atoms with Crippen molar-refractivity contribution in [1.29, 1.82) is 0 Å². The molecule has 0 spiro atoms. The van der Waals surface area contributed by atoms with Crippen LogP contribution in [0, 0.1) is 0 Å². The van der Waals surface area contributed by atoms with Crippen molar-refractivity contribution in [2.45, 2.75) is 24.4 Å². The molecular formula is C6H9KO8. The molecule has 0 fully saturated rings. The van der Waals surface area contributed by atoms with Crippen LogP contribution in [-0.4, -0.2) is 61.9 Å². The van der Waals surface area contributed by atoms with Gasteiger partial charge in [0.05, 0.1) is 5.97 Å². The third kappa shape index (κ3) is 5.33. The van der Waals surface area contributed by atoms with E-state index in [9.17, 15) is 14.7 Å². The maximum Gasteiger partial charge on any atom is 1.00 e. The topological polar surface area (TPSA) is 158 Å². The Morgan fingerprint density at radius 3 is 1.53 bits per heavy atom. The normalized spacial score (nSPS) is 18.1. The summed E-state index contributed by atoms with van der Waals surface area (Å²) < 4.78 is 0. The van der Waals surface area contributed by atoms with Crippen LogP contribution < -0.4 is 56.5 Å². The molecule has 0 aliphatic heterocycles. The van der Waals surface area contributed by atoms with E-state index in [-0.39, 0.29) is 51.4 Å². The first-order valence-corrected chi connectivity index (χ1v) is 3.45. The van der Waals surface area contributed by atoms with E-state index < -0.39 is 36.4 Å². The van der Waals surface area contributed by atoms with Gasteiger partial charge in [0, 0.05) is 0 Å². The summed E-state index contributed by atoms with van der Waals surface area (Å²) in [4.78, 5) is 20.0. The fourth-order valence-corrected chi connectivity index (χ4v) is 0.659. The van der Waals surface area contributed by atoms with Gasteiger partial charge >= 0.3 is 57.4 Å². The molecule has 0 aliphatic carbocycles. The second kappa shape index (κ2) is 7.65. The Morgan fingerprint density at radius 2 is 1.27 bits per heavy atom. The van der Waals surface area contributed by atoms with E-state index in [0.717, 1.165) is 0 Å². The number of carbonyl (C=O) groups excluding carboxylic acids is 1. The van der Waals surface area contributed by atoms with Gasteiger partial charge in [-0.3, -0.25) is 0 Å². The predicted octanol–water partition coefficient (Wildman–Crippen LogP) is -7.73. The van der Waals surface area contributed by atoms with Crippen molar-refractivity contribution < 1.29 is 91.6 Å². The number of carboxylic acids is 2. The summed E-state index contributed by atoms with van der Waals surface area (Å²) in [5, 5.41) is 53.1. The van der Waals surface area contributed by atoms with Crippen LogP contribution in [0.15, 0.2) is 0 Å². The van der Waals surface area contributed by atoms with Gasteiger partial charge in [-0.15, -0.1) is 0 Å². The van der Waals surface area contributed by atoms with Crippen molar-refractivity contribution in [3.05, 3.63) is 0 Å². The van der Waals surface area contributed by atoms with Gasteiger partial charge in [0.2, 0.25) is 0 Å². The minimum atomic E-state index is -2.47. The number of hydrogen-bond acceptors (Lipinski definition) is 7. The largest absolute Gasteiger partial charge is 1.00 e. The van der Waals surface area contributed by atoms with Crippen molar-refractivity contribution in [3.63, 3.8) is 0 Å². The van der Waals surface area contributed by atoms with Gasteiger partial charge < -0.3 is 35.4 Å². The molecule has 0 aromatic heterocycles. The molecule has 0 aromatic rings. The van der Waals surface area contributed by atoms with E-state index in [0.29, 0.717) is 0 Å². The number of carbonyl (C=O) groups is 2. The minimum Gasteiger partial charge on any atom is -0.547 e. The number of carboxylic acid groups (broad SMARTS) is 2. The average molecular weight is 248 g/mol. The first-order valence-electron chi connectivity index (χ1n) is 3.45. The molecule has 0 bridgehead atoms. The van der Waals surface area contributed by atoms with Crippen LogP contribution >= 0.6 is 0 Å². The Hall–Kier alpha value is 0.416. The molecule has 0 saturated heterocycles. The Bertz CT molecular complexity index is 207. The number of aliphatic hydroxyl groups excluding tert-OH is 4. The third-order valence-corrected chi connectivity index (χ3v) is 1.49. The Kier molecular flexibility index (Phi) is 9.08. The van der Waals surface area contributed by atoms with Crippen molar-refractivity contribution in [1.82, 2.24) is 0 Å². The van der Waals surface area contributed by atoms with E-state index in [1.807, 2.05) is 0 Å². The zero-order valence-electron chi connectivity index (χ0n) is 7.77. The van der Waals surface area contributed by atoms with Crippen molar-refractivity contribution in [3.8, 4) is 0 Å². The summed E-state index contributed by atoms with van der Waals surface area (Å²) in [7, 11) is 0. The summed E-state index contributed by atoms with van der Waals surface area (Å²) in [5.41, 5.74) is 0. The van der Waals surface area contributed by atoms with E-state index >= 15 is 0 Å². The molecule has 0 unspecified atom stereocenters. The van der Waals surface area contributed by atoms with Gasteiger partial charge in [0.25, 0.3) is 0 Å². The van der Waals surface area contributed by atoms with Crippen LogP contribution in [0.5, 0.6) is 0 Å². The number of rotatable bonds is 5. The first-order chi connectivity index (χ1) is 6.29. The maximum atomic E-state index is 10.1. The second-order valence-corrected chi connectivity index (χ2v) is 2.53. The quantitative estimate of drug-likeness (QED) is 0.300. The zero-order valence-corrected chi connectivity index (χ0v) is 10.9. The molecule has 0 heterocycles. The second-order valence-electron chi connectivity index (χ2n) is 2.53. The molecule has 0 aromatic carbocycles. The standard InChI is InChI=1S/C6H10O8.K/c7-1(3(9)5(11)12)2(8)4(10)6(13)14;/h1-4,7-10H,(H,11,12)(H,13,14);/q;+1/p-1/t1-,2-,3-,4+;/m1./s1. The number of aliphatic carboxylic acids is 2. The van der Waals surface area contributed by atoms with Gasteiger partial charge in [-0.2, -0.15) is 0 Å². The van der Waals surface area contributed by atoms with Crippen molar-refractivity contribution in [2.75, 3.05) is 0 Å². The van der Waals surface area contributed by atoms with Crippen LogP contribution in [-0.2, 0) is 9.59 Å². The van der Waals surface area contributed by atoms with Gasteiger partial charge in [0.1, 0.15) is 18.3 Å². The summed E-state index contributed by atoms with van der Waals surface area (Å²) in [6.45, 7) is 0. The van der Waals surface area contributed by atoms with Crippen molar-refractivity contribution in [2.24, 2.45) is 0 Å². The third-order valence-electron chi connectivity index (χ3n) is 1.49. The van der Waals surface area contributed by atoms with E-state index in [4.69, 9.17) is 25.5 Å².